The van der Waals surface area contributed by atoms with Gasteiger partial charge in [0.25, 0.3) is 0 Å². The third-order valence-corrected chi connectivity index (χ3v) is 5.60. The number of carbonyl (C=O) groups excluding carboxylic acids is 1. The minimum Gasteiger partial charge on any atom is -0.368 e. The third-order valence-electron chi connectivity index (χ3n) is 4.31. The smallest absolute Gasteiger partial charge is 0.223 e. The molecule has 1 fully saturated rings. The molecular formula is C17H19ClFN3OS. The number of rotatable bonds is 4. The second-order valence-corrected chi connectivity index (χ2v) is 7.17. The zero-order chi connectivity index (χ0) is 17.1. The molecule has 1 aromatic heterocycles. The molecule has 24 heavy (non-hydrogen) atoms. The molecule has 2 aromatic rings. The van der Waals surface area contributed by atoms with Crippen LogP contribution in [0, 0.1) is 12.7 Å². The fraction of sp³-hybridized carbons (Fsp3) is 0.412. The summed E-state index contributed by atoms with van der Waals surface area (Å²) in [5, 5.41) is 0.130. The van der Waals surface area contributed by atoms with Crippen LogP contribution in [0.5, 0.6) is 0 Å². The largest absolute Gasteiger partial charge is 0.368 e. The predicted molar refractivity (Wildman–Crippen MR) is 95.4 cm³/mol. The van der Waals surface area contributed by atoms with Crippen LogP contribution in [-0.2, 0) is 11.2 Å². The number of nitrogens with zero attached hydrogens (tertiary/aromatic N) is 3. The number of aromatic nitrogens is 1. The van der Waals surface area contributed by atoms with Crippen LogP contribution in [0.1, 0.15) is 17.0 Å². The summed E-state index contributed by atoms with van der Waals surface area (Å²) in [6.07, 6.45) is 1.27. The lowest BCUT2D eigenvalue weighted by molar-refractivity contribution is -0.131. The highest BCUT2D eigenvalue weighted by Gasteiger charge is 2.21. The van der Waals surface area contributed by atoms with Crippen molar-refractivity contribution in [3.63, 3.8) is 0 Å². The lowest BCUT2D eigenvalue weighted by Gasteiger charge is -2.36. The van der Waals surface area contributed by atoms with Crippen molar-refractivity contribution >= 4 is 34.5 Å². The summed E-state index contributed by atoms with van der Waals surface area (Å²) in [4.78, 5) is 21.8. The molecule has 1 aromatic carbocycles. The normalized spacial score (nSPS) is 15.0. The van der Waals surface area contributed by atoms with Gasteiger partial charge in [-0.05, 0) is 31.5 Å². The summed E-state index contributed by atoms with van der Waals surface area (Å²) in [5.41, 5.74) is 3.74. The zero-order valence-corrected chi connectivity index (χ0v) is 15.0. The van der Waals surface area contributed by atoms with Gasteiger partial charge in [-0.2, -0.15) is 0 Å². The Morgan fingerprint density at radius 3 is 2.71 bits per heavy atom. The van der Waals surface area contributed by atoms with Crippen molar-refractivity contribution < 1.29 is 9.18 Å². The first-order valence-electron chi connectivity index (χ1n) is 7.91. The minimum absolute atomic E-state index is 0.130. The molecule has 7 heteroatoms. The van der Waals surface area contributed by atoms with Crippen LogP contribution in [0.4, 0.5) is 10.1 Å². The van der Waals surface area contributed by atoms with E-state index in [1.54, 1.807) is 23.5 Å². The highest BCUT2D eigenvalue weighted by molar-refractivity contribution is 7.09. The number of aryl methyl sites for hydroxylation is 2. The molecule has 0 N–H and O–H groups in total. The van der Waals surface area contributed by atoms with E-state index in [4.69, 9.17) is 11.6 Å². The summed E-state index contributed by atoms with van der Waals surface area (Å²) in [6.45, 7) is 4.79. The number of hydrogen-bond donors (Lipinski definition) is 0. The number of hydrogen-bond acceptors (Lipinski definition) is 4. The third kappa shape index (κ3) is 3.87. The van der Waals surface area contributed by atoms with Gasteiger partial charge >= 0.3 is 0 Å². The van der Waals surface area contributed by atoms with Crippen molar-refractivity contribution in [1.82, 2.24) is 9.88 Å². The van der Waals surface area contributed by atoms with Crippen molar-refractivity contribution in [3.8, 4) is 0 Å². The van der Waals surface area contributed by atoms with Crippen LogP contribution in [0.25, 0.3) is 0 Å². The second kappa shape index (κ2) is 7.49. The molecule has 3 rings (SSSR count). The Morgan fingerprint density at radius 2 is 2.08 bits per heavy atom. The molecule has 0 saturated carbocycles. The van der Waals surface area contributed by atoms with Gasteiger partial charge in [-0.15, -0.1) is 11.3 Å². The summed E-state index contributed by atoms with van der Waals surface area (Å²) in [6, 6.07) is 4.75. The molecule has 1 saturated heterocycles. The summed E-state index contributed by atoms with van der Waals surface area (Å²) >= 11 is 7.45. The molecule has 2 heterocycles. The Morgan fingerprint density at radius 1 is 1.33 bits per heavy atom. The Bertz CT molecular complexity index is 728. The van der Waals surface area contributed by atoms with E-state index in [9.17, 15) is 9.18 Å². The van der Waals surface area contributed by atoms with Crippen molar-refractivity contribution in [2.45, 2.75) is 19.8 Å². The molecule has 0 aliphatic carbocycles. The molecular weight excluding hydrogens is 349 g/mol. The van der Waals surface area contributed by atoms with Gasteiger partial charge in [-0.3, -0.25) is 4.79 Å². The SMILES string of the molecule is Cc1ncsc1CCC(=O)N1CCN(c2ccc(F)c(Cl)c2)CC1. The monoisotopic (exact) mass is 367 g/mol. The second-order valence-electron chi connectivity index (χ2n) is 5.83. The first-order valence-corrected chi connectivity index (χ1v) is 9.17. The van der Waals surface area contributed by atoms with Crippen LogP contribution < -0.4 is 4.90 Å². The Hall–Kier alpha value is -1.66. The van der Waals surface area contributed by atoms with E-state index in [-0.39, 0.29) is 10.9 Å². The molecule has 0 bridgehead atoms. The predicted octanol–water partition coefficient (Wildman–Crippen LogP) is 3.53. The summed E-state index contributed by atoms with van der Waals surface area (Å²) in [7, 11) is 0. The number of anilines is 1. The van der Waals surface area contributed by atoms with E-state index in [0.29, 0.717) is 19.5 Å². The average molecular weight is 368 g/mol. The number of benzene rings is 1. The standard InChI is InChI=1S/C17H19ClFN3OS/c1-12-16(24-11-20-12)4-5-17(23)22-8-6-21(7-9-22)13-2-3-15(19)14(18)10-13/h2-3,10-11H,4-9H2,1H3. The number of thiazole rings is 1. The maximum Gasteiger partial charge on any atom is 0.223 e. The first-order chi connectivity index (χ1) is 11.5. The molecule has 0 atom stereocenters. The van der Waals surface area contributed by atoms with Gasteiger partial charge in [-0.25, -0.2) is 9.37 Å². The maximum absolute atomic E-state index is 13.3. The summed E-state index contributed by atoms with van der Waals surface area (Å²) in [5.74, 6) is -0.229. The van der Waals surface area contributed by atoms with Gasteiger partial charge in [0.1, 0.15) is 5.82 Å². The maximum atomic E-state index is 13.3. The van der Waals surface area contributed by atoms with Gasteiger partial charge in [-0.1, -0.05) is 11.6 Å². The number of amides is 1. The van der Waals surface area contributed by atoms with Crippen LogP contribution in [0.2, 0.25) is 5.02 Å². The minimum atomic E-state index is -0.410. The van der Waals surface area contributed by atoms with E-state index in [1.165, 1.54) is 10.9 Å². The fourth-order valence-corrected chi connectivity index (χ4v) is 3.80. The zero-order valence-electron chi connectivity index (χ0n) is 13.5. The number of piperazine rings is 1. The average Bonchev–Trinajstić information content (AvgIpc) is 3.00. The molecule has 0 radical (unpaired) electrons. The van der Waals surface area contributed by atoms with Crippen molar-refractivity contribution in [3.05, 3.63) is 45.1 Å². The lowest BCUT2D eigenvalue weighted by atomic mass is 10.2. The summed E-state index contributed by atoms with van der Waals surface area (Å²) < 4.78 is 13.3. The van der Waals surface area contributed by atoms with E-state index >= 15 is 0 Å². The van der Waals surface area contributed by atoms with Gasteiger partial charge in [0.2, 0.25) is 5.91 Å². The highest BCUT2D eigenvalue weighted by atomic mass is 35.5. The molecule has 0 unspecified atom stereocenters. The van der Waals surface area contributed by atoms with Crippen molar-refractivity contribution in [2.24, 2.45) is 0 Å². The first kappa shape index (κ1) is 17.2. The van der Waals surface area contributed by atoms with Crippen molar-refractivity contribution in [1.29, 1.82) is 0 Å². The van der Waals surface area contributed by atoms with Gasteiger partial charge < -0.3 is 9.80 Å². The van der Waals surface area contributed by atoms with Gasteiger partial charge in [0, 0.05) is 43.2 Å². The van der Waals surface area contributed by atoms with Crippen molar-refractivity contribution in [2.75, 3.05) is 31.1 Å². The van der Waals surface area contributed by atoms with Crippen LogP contribution >= 0.6 is 22.9 Å². The molecule has 1 aliphatic heterocycles. The number of carbonyl (C=O) groups is 1. The molecule has 0 spiro atoms. The van der Waals surface area contributed by atoms with E-state index in [1.807, 2.05) is 17.3 Å². The van der Waals surface area contributed by atoms with Crippen LogP contribution in [0.15, 0.2) is 23.7 Å². The molecule has 1 aliphatic rings. The molecule has 128 valence electrons. The Balaban J connectivity index is 1.51. The van der Waals surface area contributed by atoms with E-state index < -0.39 is 5.82 Å². The number of halogens is 2. The fourth-order valence-electron chi connectivity index (χ4n) is 2.84. The van der Waals surface area contributed by atoms with Crippen LogP contribution in [-0.4, -0.2) is 42.0 Å². The van der Waals surface area contributed by atoms with E-state index in [2.05, 4.69) is 9.88 Å². The van der Waals surface area contributed by atoms with Gasteiger partial charge in [0.05, 0.1) is 16.2 Å². The Labute approximate surface area is 149 Å². The van der Waals surface area contributed by atoms with Gasteiger partial charge in [0.15, 0.2) is 0 Å². The lowest BCUT2D eigenvalue weighted by Crippen LogP contribution is -2.48. The molecule has 4 nitrogen and oxygen atoms in total. The Kier molecular flexibility index (Phi) is 5.36. The van der Waals surface area contributed by atoms with Crippen LogP contribution in [0.3, 0.4) is 0 Å². The molecule has 1 amide bonds. The highest BCUT2D eigenvalue weighted by Crippen LogP contribution is 2.24. The quantitative estimate of drug-likeness (QED) is 0.829. The van der Waals surface area contributed by atoms with E-state index in [0.717, 1.165) is 30.9 Å². The topological polar surface area (TPSA) is 36.4 Å².